The van der Waals surface area contributed by atoms with E-state index >= 15 is 0 Å². The van der Waals surface area contributed by atoms with E-state index in [0.29, 0.717) is 5.56 Å². The average molecular weight is 475 g/mol. The fourth-order valence-electron chi connectivity index (χ4n) is 3.68. The molecule has 0 aliphatic heterocycles. The normalized spacial score (nSPS) is 13.1. The number of aromatic nitrogens is 2. The molecule has 0 aliphatic rings. The number of phenols is 1. The Bertz CT molecular complexity index is 1210. The maximum atomic E-state index is 13.4. The number of fused-ring (bicyclic) bond motifs is 1. The maximum Gasteiger partial charge on any atom is 0.449 e. The average Bonchev–Trinajstić information content (AvgIpc) is 3.06. The molecule has 3 rings (SSSR count). The van der Waals surface area contributed by atoms with Gasteiger partial charge in [0.2, 0.25) is 5.82 Å². The highest BCUT2D eigenvalue weighted by Gasteiger charge is 2.38. The third-order valence-corrected chi connectivity index (χ3v) is 5.36. The first-order valence-electron chi connectivity index (χ1n) is 10.8. The van der Waals surface area contributed by atoms with Gasteiger partial charge >= 0.3 is 6.18 Å². The largest absolute Gasteiger partial charge is 0.507 e. The standard InChI is InChI=1S/C25H29F3N4O2/c1-23(2,3)16-11-15(12-17(21(16)34)24(4,5)6)13-29-31-20(33)14-32-19-10-8-7-9-18(19)30-22(32)25(26,27)28/h7-13,34H,14H2,1-6H3,(H,31,33)/b29-13+. The van der Waals surface area contributed by atoms with Gasteiger partial charge in [-0.25, -0.2) is 10.4 Å². The Morgan fingerprint density at radius 3 is 2.15 bits per heavy atom. The number of hydrogen-bond acceptors (Lipinski definition) is 4. The maximum absolute atomic E-state index is 13.4. The van der Waals surface area contributed by atoms with Crippen LogP contribution >= 0.6 is 0 Å². The molecule has 0 fully saturated rings. The van der Waals surface area contributed by atoms with Crippen LogP contribution in [-0.2, 0) is 28.3 Å². The summed E-state index contributed by atoms with van der Waals surface area (Å²) in [5.41, 5.74) is 4.08. The van der Waals surface area contributed by atoms with E-state index in [4.69, 9.17) is 0 Å². The summed E-state index contributed by atoms with van der Waals surface area (Å²) in [6.45, 7) is 11.3. The molecule has 3 aromatic rings. The summed E-state index contributed by atoms with van der Waals surface area (Å²) in [6.07, 6.45) is -3.29. The van der Waals surface area contributed by atoms with Gasteiger partial charge in [0, 0.05) is 11.1 Å². The van der Waals surface area contributed by atoms with Crippen LogP contribution in [0.4, 0.5) is 13.2 Å². The Kier molecular flexibility index (Phi) is 6.52. The van der Waals surface area contributed by atoms with Crippen molar-refractivity contribution in [1.82, 2.24) is 15.0 Å². The summed E-state index contributed by atoms with van der Waals surface area (Å²) in [5, 5.41) is 14.8. The van der Waals surface area contributed by atoms with Crippen LogP contribution in [0.2, 0.25) is 0 Å². The number of imidazole rings is 1. The summed E-state index contributed by atoms with van der Waals surface area (Å²) in [4.78, 5) is 16.1. The topological polar surface area (TPSA) is 79.5 Å². The quantitative estimate of drug-likeness (QED) is 0.387. The zero-order valence-corrected chi connectivity index (χ0v) is 20.1. The third-order valence-electron chi connectivity index (χ3n) is 5.36. The number of nitrogens with zero attached hydrogens (tertiary/aromatic N) is 3. The number of rotatable bonds is 4. The van der Waals surface area contributed by atoms with Crippen LogP contribution in [0, 0.1) is 0 Å². The smallest absolute Gasteiger partial charge is 0.449 e. The summed E-state index contributed by atoms with van der Waals surface area (Å²) >= 11 is 0. The van der Waals surface area contributed by atoms with Gasteiger partial charge in [-0.15, -0.1) is 0 Å². The second-order valence-electron chi connectivity index (χ2n) is 10.3. The summed E-state index contributed by atoms with van der Waals surface area (Å²) in [5.74, 6) is -1.65. The minimum atomic E-state index is -4.71. The molecule has 0 radical (unpaired) electrons. The van der Waals surface area contributed by atoms with Gasteiger partial charge in [0.25, 0.3) is 5.91 Å². The number of phenolic OH excluding ortho intramolecular Hbond substituents is 1. The zero-order valence-electron chi connectivity index (χ0n) is 20.1. The molecule has 0 bridgehead atoms. The number of aromatic hydroxyl groups is 1. The molecule has 0 saturated heterocycles. The molecule has 1 heterocycles. The lowest BCUT2D eigenvalue weighted by Crippen LogP contribution is -2.26. The van der Waals surface area contributed by atoms with E-state index in [1.54, 1.807) is 24.3 Å². The van der Waals surface area contributed by atoms with E-state index in [9.17, 15) is 23.1 Å². The van der Waals surface area contributed by atoms with Crippen molar-refractivity contribution in [2.75, 3.05) is 0 Å². The number of hydrogen-bond donors (Lipinski definition) is 2. The van der Waals surface area contributed by atoms with Gasteiger partial charge in [0.1, 0.15) is 12.3 Å². The first-order valence-corrected chi connectivity index (χ1v) is 10.8. The van der Waals surface area contributed by atoms with Crippen molar-refractivity contribution in [2.45, 2.75) is 65.1 Å². The fourth-order valence-corrected chi connectivity index (χ4v) is 3.68. The molecular weight excluding hydrogens is 445 g/mol. The van der Waals surface area contributed by atoms with Crippen LogP contribution in [0.1, 0.15) is 64.1 Å². The van der Waals surface area contributed by atoms with E-state index in [1.807, 2.05) is 41.5 Å². The number of halogens is 3. The zero-order chi connectivity index (χ0) is 25.5. The molecule has 2 aromatic carbocycles. The van der Waals surface area contributed by atoms with E-state index in [1.165, 1.54) is 18.3 Å². The number of carbonyl (C=O) groups is 1. The van der Waals surface area contributed by atoms with Crippen molar-refractivity contribution in [3.8, 4) is 5.75 Å². The van der Waals surface area contributed by atoms with Crippen molar-refractivity contribution in [1.29, 1.82) is 0 Å². The van der Waals surface area contributed by atoms with Gasteiger partial charge < -0.3 is 9.67 Å². The number of carbonyl (C=O) groups excluding carboxylic acids is 1. The van der Waals surface area contributed by atoms with Crippen molar-refractivity contribution in [3.63, 3.8) is 0 Å². The highest BCUT2D eigenvalue weighted by atomic mass is 19.4. The van der Waals surface area contributed by atoms with Gasteiger partial charge in [-0.2, -0.15) is 18.3 Å². The van der Waals surface area contributed by atoms with Crippen molar-refractivity contribution in [3.05, 3.63) is 58.9 Å². The fraction of sp³-hybridized carbons (Fsp3) is 0.400. The van der Waals surface area contributed by atoms with E-state index in [-0.39, 0.29) is 27.6 Å². The number of amides is 1. The van der Waals surface area contributed by atoms with E-state index in [0.717, 1.165) is 15.7 Å². The van der Waals surface area contributed by atoms with Gasteiger partial charge in [-0.1, -0.05) is 53.7 Å². The Labute approximate surface area is 196 Å². The molecule has 0 spiro atoms. The minimum absolute atomic E-state index is 0.152. The lowest BCUT2D eigenvalue weighted by Gasteiger charge is -2.27. The van der Waals surface area contributed by atoms with Crippen molar-refractivity contribution >= 4 is 23.2 Å². The van der Waals surface area contributed by atoms with E-state index < -0.39 is 24.5 Å². The van der Waals surface area contributed by atoms with Crippen molar-refractivity contribution < 1.29 is 23.1 Å². The monoisotopic (exact) mass is 474 g/mol. The number of hydrazone groups is 1. The number of para-hydroxylation sites is 2. The molecule has 1 amide bonds. The van der Waals surface area contributed by atoms with Crippen LogP contribution in [-0.4, -0.2) is 26.8 Å². The molecule has 1 aromatic heterocycles. The third kappa shape index (κ3) is 5.40. The molecule has 2 N–H and O–H groups in total. The van der Waals surface area contributed by atoms with Crippen LogP contribution in [0.3, 0.4) is 0 Å². The van der Waals surface area contributed by atoms with Gasteiger partial charge in [0.05, 0.1) is 17.2 Å². The molecule has 0 unspecified atom stereocenters. The van der Waals surface area contributed by atoms with E-state index in [2.05, 4.69) is 15.5 Å². The molecule has 9 heteroatoms. The molecule has 182 valence electrons. The highest BCUT2D eigenvalue weighted by molar-refractivity contribution is 5.84. The number of nitrogens with one attached hydrogen (secondary N) is 1. The molecule has 34 heavy (non-hydrogen) atoms. The van der Waals surface area contributed by atoms with Crippen molar-refractivity contribution in [2.24, 2.45) is 5.10 Å². The molecule has 6 nitrogen and oxygen atoms in total. The summed E-state index contributed by atoms with van der Waals surface area (Å²) in [6, 6.07) is 9.67. The Morgan fingerprint density at radius 1 is 1.06 bits per heavy atom. The van der Waals surface area contributed by atoms with Crippen LogP contribution < -0.4 is 5.43 Å². The van der Waals surface area contributed by atoms with Gasteiger partial charge in [0.15, 0.2) is 0 Å². The molecule has 0 aliphatic carbocycles. The first-order chi connectivity index (χ1) is 15.6. The lowest BCUT2D eigenvalue weighted by atomic mass is 9.78. The lowest BCUT2D eigenvalue weighted by molar-refractivity contribution is -0.147. The SMILES string of the molecule is CC(C)(C)c1cc(/C=N/NC(=O)Cn2c(C(F)(F)F)nc3ccccc32)cc(C(C)(C)C)c1O. The minimum Gasteiger partial charge on any atom is -0.507 e. The molecule has 0 atom stereocenters. The number of alkyl halides is 3. The molecule has 0 saturated carbocycles. The first kappa shape index (κ1) is 25.3. The molecular formula is C25H29F3N4O2. The van der Waals surface area contributed by atoms with Crippen LogP contribution in [0.15, 0.2) is 41.5 Å². The number of benzene rings is 2. The second-order valence-corrected chi connectivity index (χ2v) is 10.3. The summed E-state index contributed by atoms with van der Waals surface area (Å²) in [7, 11) is 0. The Balaban J connectivity index is 1.87. The highest BCUT2D eigenvalue weighted by Crippen LogP contribution is 2.39. The Hall–Kier alpha value is -3.36. The second kappa shape index (κ2) is 8.77. The predicted molar refractivity (Wildman–Crippen MR) is 126 cm³/mol. The van der Waals surface area contributed by atoms with Crippen LogP contribution in [0.25, 0.3) is 11.0 Å². The summed E-state index contributed by atoms with van der Waals surface area (Å²) < 4.78 is 41.2. The predicted octanol–water partition coefficient (Wildman–Crippen LogP) is 5.51. The van der Waals surface area contributed by atoms with Gasteiger partial charge in [-0.05, 0) is 40.7 Å². The van der Waals surface area contributed by atoms with Gasteiger partial charge in [-0.3, -0.25) is 4.79 Å². The van der Waals surface area contributed by atoms with Crippen LogP contribution in [0.5, 0.6) is 5.75 Å². The Morgan fingerprint density at radius 2 is 1.62 bits per heavy atom.